The van der Waals surface area contributed by atoms with E-state index in [9.17, 15) is 4.79 Å². The third kappa shape index (κ3) is 2.96. The molecule has 0 aliphatic carbocycles. The number of aryl methyl sites for hydroxylation is 2. The molecular weight excluding hydrogens is 310 g/mol. The van der Waals surface area contributed by atoms with Gasteiger partial charge in [0, 0.05) is 25.8 Å². The normalized spacial score (nSPS) is 20.4. The summed E-state index contributed by atoms with van der Waals surface area (Å²) in [6, 6.07) is -0.178. The van der Waals surface area contributed by atoms with E-state index >= 15 is 0 Å². The maximum atomic E-state index is 12.9. The van der Waals surface area contributed by atoms with Gasteiger partial charge in [-0.25, -0.2) is 9.97 Å². The summed E-state index contributed by atoms with van der Waals surface area (Å²) in [7, 11) is 3.14. The van der Waals surface area contributed by atoms with E-state index in [1.807, 2.05) is 13.8 Å². The molecule has 2 aromatic rings. The lowest BCUT2D eigenvalue weighted by atomic mass is 10.2. The summed E-state index contributed by atoms with van der Waals surface area (Å²) in [5.41, 5.74) is 2.18. The number of carbonyl (C=O) groups excluding carboxylic acids is 1. The topological polar surface area (TPSA) is 93.2 Å². The summed E-state index contributed by atoms with van der Waals surface area (Å²) in [5, 5.41) is 0. The SMILES string of the molecule is COc1cncc(C(=O)N2C[C@H](OC)C[C@H]2c2nc(C)c(C)[nH]2)n1. The fourth-order valence-corrected chi connectivity index (χ4v) is 2.88. The first-order chi connectivity index (χ1) is 11.5. The summed E-state index contributed by atoms with van der Waals surface area (Å²) in [4.78, 5) is 30.7. The largest absolute Gasteiger partial charge is 0.480 e. The van der Waals surface area contributed by atoms with Gasteiger partial charge in [-0.1, -0.05) is 0 Å². The summed E-state index contributed by atoms with van der Waals surface area (Å²) >= 11 is 0. The second-order valence-corrected chi connectivity index (χ2v) is 5.85. The van der Waals surface area contributed by atoms with Crippen LogP contribution in [0, 0.1) is 13.8 Å². The Bertz CT molecular complexity index is 726. The maximum Gasteiger partial charge on any atom is 0.274 e. The van der Waals surface area contributed by atoms with Crippen LogP contribution in [0.1, 0.15) is 40.2 Å². The van der Waals surface area contributed by atoms with Crippen LogP contribution in [0.5, 0.6) is 5.88 Å². The molecule has 1 fully saturated rings. The number of ether oxygens (including phenoxy) is 2. The monoisotopic (exact) mass is 331 g/mol. The van der Waals surface area contributed by atoms with Gasteiger partial charge in [0.05, 0.1) is 37.3 Å². The van der Waals surface area contributed by atoms with Gasteiger partial charge in [-0.3, -0.25) is 9.78 Å². The molecule has 3 heterocycles. The van der Waals surface area contributed by atoms with Crippen molar-refractivity contribution in [2.75, 3.05) is 20.8 Å². The Labute approximate surface area is 140 Å². The van der Waals surface area contributed by atoms with Crippen molar-refractivity contribution in [2.24, 2.45) is 0 Å². The Morgan fingerprint density at radius 1 is 1.29 bits per heavy atom. The number of aromatic nitrogens is 4. The van der Waals surface area contributed by atoms with E-state index in [4.69, 9.17) is 9.47 Å². The van der Waals surface area contributed by atoms with Crippen LogP contribution in [0.3, 0.4) is 0 Å². The highest BCUT2D eigenvalue weighted by Crippen LogP contribution is 2.33. The van der Waals surface area contributed by atoms with Crippen LogP contribution in [0.4, 0.5) is 0 Å². The number of likely N-dealkylation sites (tertiary alicyclic amines) is 1. The second-order valence-electron chi connectivity index (χ2n) is 5.85. The van der Waals surface area contributed by atoms with E-state index in [0.717, 1.165) is 17.2 Å². The smallest absolute Gasteiger partial charge is 0.274 e. The number of hydrogen-bond donors (Lipinski definition) is 1. The van der Waals surface area contributed by atoms with Crippen LogP contribution in [-0.2, 0) is 4.74 Å². The lowest BCUT2D eigenvalue weighted by molar-refractivity contribution is 0.0677. The Morgan fingerprint density at radius 2 is 2.08 bits per heavy atom. The predicted octanol–water partition coefficient (Wildman–Crippen LogP) is 1.43. The molecular formula is C16H21N5O3. The van der Waals surface area contributed by atoms with E-state index < -0.39 is 0 Å². The molecule has 128 valence electrons. The van der Waals surface area contributed by atoms with Crippen molar-refractivity contribution in [3.8, 4) is 5.88 Å². The fraction of sp³-hybridized carbons (Fsp3) is 0.500. The minimum Gasteiger partial charge on any atom is -0.480 e. The van der Waals surface area contributed by atoms with Gasteiger partial charge >= 0.3 is 0 Å². The molecule has 0 bridgehead atoms. The fourth-order valence-electron chi connectivity index (χ4n) is 2.88. The average molecular weight is 331 g/mol. The maximum absolute atomic E-state index is 12.9. The van der Waals surface area contributed by atoms with Gasteiger partial charge in [0.25, 0.3) is 5.91 Å². The van der Waals surface area contributed by atoms with E-state index in [2.05, 4.69) is 19.9 Å². The zero-order valence-corrected chi connectivity index (χ0v) is 14.2. The highest BCUT2D eigenvalue weighted by molar-refractivity contribution is 5.92. The van der Waals surface area contributed by atoms with Crippen molar-refractivity contribution in [1.29, 1.82) is 0 Å². The number of rotatable bonds is 4. The number of H-pyrrole nitrogens is 1. The van der Waals surface area contributed by atoms with Crippen LogP contribution < -0.4 is 4.74 Å². The third-order valence-corrected chi connectivity index (χ3v) is 4.36. The van der Waals surface area contributed by atoms with E-state index in [1.165, 1.54) is 19.5 Å². The van der Waals surface area contributed by atoms with Crippen LogP contribution in [-0.4, -0.2) is 57.6 Å². The molecule has 1 aliphatic rings. The zero-order chi connectivity index (χ0) is 17.3. The van der Waals surface area contributed by atoms with Gasteiger partial charge in [0.15, 0.2) is 5.69 Å². The molecule has 0 spiro atoms. The van der Waals surface area contributed by atoms with Crippen molar-refractivity contribution >= 4 is 5.91 Å². The molecule has 0 saturated carbocycles. The molecule has 0 unspecified atom stereocenters. The van der Waals surface area contributed by atoms with Crippen molar-refractivity contribution in [2.45, 2.75) is 32.4 Å². The third-order valence-electron chi connectivity index (χ3n) is 4.36. The van der Waals surface area contributed by atoms with Gasteiger partial charge in [-0.15, -0.1) is 0 Å². The Kier molecular flexibility index (Phi) is 4.48. The van der Waals surface area contributed by atoms with Crippen LogP contribution in [0.25, 0.3) is 0 Å². The van der Waals surface area contributed by atoms with Crippen molar-refractivity contribution < 1.29 is 14.3 Å². The molecule has 1 aliphatic heterocycles. The van der Waals surface area contributed by atoms with Gasteiger partial charge in [-0.05, 0) is 13.8 Å². The average Bonchev–Trinajstić information content (AvgIpc) is 3.18. The number of imidazole rings is 1. The number of methoxy groups -OCH3 is 2. The lowest BCUT2D eigenvalue weighted by Crippen LogP contribution is -2.33. The van der Waals surface area contributed by atoms with Crippen molar-refractivity contribution in [1.82, 2.24) is 24.8 Å². The lowest BCUT2D eigenvalue weighted by Gasteiger charge is -2.22. The number of hydrogen-bond acceptors (Lipinski definition) is 6. The van der Waals surface area contributed by atoms with Crippen LogP contribution in [0.15, 0.2) is 12.4 Å². The number of nitrogens with zero attached hydrogens (tertiary/aromatic N) is 4. The van der Waals surface area contributed by atoms with Crippen LogP contribution in [0.2, 0.25) is 0 Å². The summed E-state index contributed by atoms with van der Waals surface area (Å²) in [6.45, 7) is 4.39. The highest BCUT2D eigenvalue weighted by Gasteiger charge is 2.39. The first-order valence-electron chi connectivity index (χ1n) is 7.76. The van der Waals surface area contributed by atoms with E-state index in [-0.39, 0.29) is 23.7 Å². The first-order valence-corrected chi connectivity index (χ1v) is 7.76. The molecule has 2 aromatic heterocycles. The minimum atomic E-state index is -0.211. The van der Waals surface area contributed by atoms with Gasteiger partial charge in [0.2, 0.25) is 5.88 Å². The molecule has 1 saturated heterocycles. The first kappa shape index (κ1) is 16.4. The second kappa shape index (κ2) is 6.56. The molecule has 3 rings (SSSR count). The van der Waals surface area contributed by atoms with Gasteiger partial charge in [-0.2, -0.15) is 0 Å². The summed E-state index contributed by atoms with van der Waals surface area (Å²) < 4.78 is 10.5. The quantitative estimate of drug-likeness (QED) is 0.911. The molecule has 1 N–H and O–H groups in total. The molecule has 8 nitrogen and oxygen atoms in total. The standard InChI is InChI=1S/C16H21N5O3/c1-9-10(2)19-15(18-9)13-5-11(23-3)8-21(13)16(22)12-6-17-7-14(20-12)24-4/h6-7,11,13H,5,8H2,1-4H3,(H,18,19)/t11-,13+/m1/s1. The molecule has 1 amide bonds. The van der Waals surface area contributed by atoms with Crippen molar-refractivity contribution in [3.63, 3.8) is 0 Å². The number of amides is 1. The molecule has 0 radical (unpaired) electrons. The molecule has 24 heavy (non-hydrogen) atoms. The van der Waals surface area contributed by atoms with Gasteiger partial charge < -0.3 is 19.4 Å². The summed E-state index contributed by atoms with van der Waals surface area (Å²) in [5.74, 6) is 0.871. The molecule has 8 heteroatoms. The number of carbonyl (C=O) groups is 1. The number of aromatic amines is 1. The van der Waals surface area contributed by atoms with E-state index in [0.29, 0.717) is 18.8 Å². The van der Waals surface area contributed by atoms with E-state index in [1.54, 1.807) is 12.0 Å². The molecule has 0 aromatic carbocycles. The van der Waals surface area contributed by atoms with Crippen LogP contribution >= 0.6 is 0 Å². The minimum absolute atomic E-state index is 0.0387. The van der Waals surface area contributed by atoms with Crippen molar-refractivity contribution in [3.05, 3.63) is 35.3 Å². The highest BCUT2D eigenvalue weighted by atomic mass is 16.5. The Balaban J connectivity index is 1.91. The Hall–Kier alpha value is -2.48. The molecule has 2 atom stereocenters. The summed E-state index contributed by atoms with van der Waals surface area (Å²) in [6.07, 6.45) is 3.56. The zero-order valence-electron chi connectivity index (χ0n) is 14.2. The number of nitrogens with one attached hydrogen (secondary N) is 1. The van der Waals surface area contributed by atoms with Gasteiger partial charge in [0.1, 0.15) is 5.82 Å². The Morgan fingerprint density at radius 3 is 2.71 bits per heavy atom. The predicted molar refractivity (Wildman–Crippen MR) is 85.8 cm³/mol.